The third-order valence-electron chi connectivity index (χ3n) is 6.27. The van der Waals surface area contributed by atoms with Gasteiger partial charge in [-0.15, -0.1) is 0 Å². The molecule has 11 heteroatoms. The third-order valence-corrected chi connectivity index (χ3v) is 6.27. The van der Waals surface area contributed by atoms with E-state index in [0.29, 0.717) is 0 Å². The summed E-state index contributed by atoms with van der Waals surface area (Å²) in [6, 6.07) is 4.04. The predicted molar refractivity (Wildman–Crippen MR) is 120 cm³/mol. The molecule has 1 aromatic carbocycles. The van der Waals surface area contributed by atoms with Crippen LogP contribution in [-0.2, 0) is 19.1 Å². The molecule has 1 saturated carbocycles. The van der Waals surface area contributed by atoms with Gasteiger partial charge in [0.15, 0.2) is 6.17 Å². The Morgan fingerprint density at radius 2 is 1.85 bits per heavy atom. The molecule has 4 amide bonds. The Balaban J connectivity index is 1.80. The molecule has 1 aliphatic carbocycles. The molecule has 2 unspecified atom stereocenters. The maximum atomic E-state index is 13.5. The minimum Gasteiger partial charge on any atom is -0.481 e. The number of nitrogens with zero attached hydrogens (tertiary/aromatic N) is 2. The lowest BCUT2D eigenvalue weighted by molar-refractivity contribution is -0.145. The lowest BCUT2D eigenvalue weighted by Crippen LogP contribution is -2.57. The number of methoxy groups -OCH3 is 1. The van der Waals surface area contributed by atoms with E-state index < -0.39 is 41.8 Å². The monoisotopic (exact) mass is 478 g/mol. The number of aliphatic carboxylic acids is 1. The quantitative estimate of drug-likeness (QED) is 0.524. The van der Waals surface area contributed by atoms with Gasteiger partial charge in [-0.25, -0.2) is 9.18 Å². The summed E-state index contributed by atoms with van der Waals surface area (Å²) in [5.74, 6) is -2.66. The van der Waals surface area contributed by atoms with Gasteiger partial charge in [0, 0.05) is 31.9 Å². The molecule has 1 saturated heterocycles. The maximum absolute atomic E-state index is 13.5. The van der Waals surface area contributed by atoms with Crippen LogP contribution in [-0.4, -0.2) is 77.7 Å². The SMILES string of the molecule is COCC(=O)N1CCN(C(=O)Nc2cccc(F)c2)C1C(=O)NC(CC(=O)O)C1CCCCC1. The van der Waals surface area contributed by atoms with Gasteiger partial charge in [0.2, 0.25) is 0 Å². The van der Waals surface area contributed by atoms with Crippen molar-refractivity contribution in [1.82, 2.24) is 15.1 Å². The van der Waals surface area contributed by atoms with Crippen molar-refractivity contribution in [2.24, 2.45) is 5.92 Å². The van der Waals surface area contributed by atoms with E-state index in [1.807, 2.05) is 0 Å². The van der Waals surface area contributed by atoms with Crippen LogP contribution in [0.25, 0.3) is 0 Å². The average Bonchev–Trinajstić information content (AvgIpc) is 3.25. The fourth-order valence-corrected chi connectivity index (χ4v) is 4.67. The number of ether oxygens (including phenoxy) is 1. The molecule has 0 radical (unpaired) electrons. The summed E-state index contributed by atoms with van der Waals surface area (Å²) in [6.45, 7) is -0.101. The molecule has 2 aliphatic rings. The number of halogens is 1. The van der Waals surface area contributed by atoms with Crippen molar-refractivity contribution in [3.8, 4) is 0 Å². The number of carbonyl (C=O) groups is 4. The van der Waals surface area contributed by atoms with Gasteiger partial charge in [-0.3, -0.25) is 19.3 Å². The number of amides is 4. The summed E-state index contributed by atoms with van der Waals surface area (Å²) in [4.78, 5) is 52.9. The van der Waals surface area contributed by atoms with Crippen LogP contribution in [0.2, 0.25) is 0 Å². The van der Waals surface area contributed by atoms with E-state index in [0.717, 1.165) is 38.2 Å². The highest BCUT2D eigenvalue weighted by Gasteiger charge is 2.44. The molecule has 2 fully saturated rings. The average molecular weight is 479 g/mol. The Morgan fingerprint density at radius 3 is 2.50 bits per heavy atom. The van der Waals surface area contributed by atoms with Crippen LogP contribution in [0.4, 0.5) is 14.9 Å². The first-order chi connectivity index (χ1) is 16.3. The van der Waals surface area contributed by atoms with Crippen molar-refractivity contribution in [1.29, 1.82) is 0 Å². The topological polar surface area (TPSA) is 128 Å². The van der Waals surface area contributed by atoms with Crippen LogP contribution in [0.5, 0.6) is 0 Å². The molecule has 3 N–H and O–H groups in total. The van der Waals surface area contributed by atoms with Crippen molar-refractivity contribution in [3.63, 3.8) is 0 Å². The smallest absolute Gasteiger partial charge is 0.323 e. The number of hydrogen-bond donors (Lipinski definition) is 3. The number of carboxylic acids is 1. The summed E-state index contributed by atoms with van der Waals surface area (Å²) in [5.41, 5.74) is 0.205. The number of carboxylic acid groups (broad SMARTS) is 1. The molecular formula is C23H31FN4O6. The van der Waals surface area contributed by atoms with Crippen LogP contribution in [0.15, 0.2) is 24.3 Å². The zero-order valence-electron chi connectivity index (χ0n) is 19.2. The van der Waals surface area contributed by atoms with Gasteiger partial charge in [0.25, 0.3) is 11.8 Å². The summed E-state index contributed by atoms with van der Waals surface area (Å²) in [7, 11) is 1.35. The highest BCUT2D eigenvalue weighted by Crippen LogP contribution is 2.28. The van der Waals surface area contributed by atoms with Gasteiger partial charge in [0.05, 0.1) is 6.42 Å². The van der Waals surface area contributed by atoms with Gasteiger partial charge in [-0.05, 0) is 37.0 Å². The molecular weight excluding hydrogens is 447 g/mol. The lowest BCUT2D eigenvalue weighted by Gasteiger charge is -2.34. The Hall–Kier alpha value is -3.21. The fourth-order valence-electron chi connectivity index (χ4n) is 4.67. The zero-order valence-corrected chi connectivity index (χ0v) is 19.2. The zero-order chi connectivity index (χ0) is 24.7. The lowest BCUT2D eigenvalue weighted by atomic mass is 9.82. The predicted octanol–water partition coefficient (Wildman–Crippen LogP) is 2.01. The van der Waals surface area contributed by atoms with Crippen LogP contribution in [0.1, 0.15) is 38.5 Å². The van der Waals surface area contributed by atoms with Gasteiger partial charge >= 0.3 is 12.0 Å². The first-order valence-electron chi connectivity index (χ1n) is 11.4. The second-order valence-corrected chi connectivity index (χ2v) is 8.64. The van der Waals surface area contributed by atoms with Crippen LogP contribution in [0, 0.1) is 11.7 Å². The number of benzene rings is 1. The van der Waals surface area contributed by atoms with Gasteiger partial charge in [-0.2, -0.15) is 0 Å². The molecule has 34 heavy (non-hydrogen) atoms. The Labute approximate surface area is 197 Å². The Kier molecular flexibility index (Phi) is 8.80. The molecule has 1 aliphatic heterocycles. The van der Waals surface area contributed by atoms with E-state index in [1.165, 1.54) is 35.1 Å². The molecule has 3 rings (SSSR count). The normalized spacial score (nSPS) is 19.5. The fraction of sp³-hybridized carbons (Fsp3) is 0.565. The Morgan fingerprint density at radius 1 is 1.15 bits per heavy atom. The standard InChI is InChI=1S/C23H31FN4O6/c1-34-14-19(29)27-10-11-28(23(33)25-17-9-5-8-16(24)12-17)22(27)21(32)26-18(13-20(30)31)15-6-3-2-4-7-15/h5,8-9,12,15,18,22H,2-4,6-7,10-11,13-14H2,1H3,(H,25,33)(H,26,32)(H,30,31). The van der Waals surface area contributed by atoms with Crippen LogP contribution >= 0.6 is 0 Å². The van der Waals surface area contributed by atoms with E-state index >= 15 is 0 Å². The first-order valence-corrected chi connectivity index (χ1v) is 11.4. The second kappa shape index (κ2) is 11.8. The summed E-state index contributed by atoms with van der Waals surface area (Å²) < 4.78 is 18.4. The number of nitrogens with one attached hydrogen (secondary N) is 2. The molecule has 1 heterocycles. The number of hydrogen-bond acceptors (Lipinski definition) is 5. The second-order valence-electron chi connectivity index (χ2n) is 8.64. The highest BCUT2D eigenvalue weighted by molar-refractivity contribution is 5.96. The first kappa shape index (κ1) is 25.4. The van der Waals surface area contributed by atoms with Gasteiger partial charge in [0.1, 0.15) is 12.4 Å². The van der Waals surface area contributed by atoms with E-state index in [2.05, 4.69) is 10.6 Å². The van der Waals surface area contributed by atoms with E-state index in [-0.39, 0.29) is 37.7 Å². The molecule has 0 spiro atoms. The minimum atomic E-state index is -1.28. The molecule has 1 aromatic rings. The van der Waals surface area contributed by atoms with E-state index in [1.54, 1.807) is 0 Å². The molecule has 0 bridgehead atoms. The molecule has 186 valence electrons. The van der Waals surface area contributed by atoms with Crippen molar-refractivity contribution >= 4 is 29.5 Å². The molecule has 0 aromatic heterocycles. The van der Waals surface area contributed by atoms with E-state index in [4.69, 9.17) is 4.74 Å². The summed E-state index contributed by atoms with van der Waals surface area (Å²) in [5, 5.41) is 14.8. The minimum absolute atomic E-state index is 0.00732. The van der Waals surface area contributed by atoms with Crippen molar-refractivity contribution < 1.29 is 33.4 Å². The third kappa shape index (κ3) is 6.43. The Bertz CT molecular complexity index is 907. The maximum Gasteiger partial charge on any atom is 0.323 e. The number of anilines is 1. The van der Waals surface area contributed by atoms with Crippen molar-refractivity contribution in [3.05, 3.63) is 30.1 Å². The van der Waals surface area contributed by atoms with Gasteiger partial charge in [-0.1, -0.05) is 25.3 Å². The van der Waals surface area contributed by atoms with Crippen molar-refractivity contribution in [2.45, 2.75) is 50.7 Å². The van der Waals surface area contributed by atoms with Gasteiger partial charge < -0.3 is 25.4 Å². The number of rotatable bonds is 8. The number of carbonyl (C=O) groups excluding carboxylic acids is 3. The largest absolute Gasteiger partial charge is 0.481 e. The van der Waals surface area contributed by atoms with Crippen LogP contribution in [0.3, 0.4) is 0 Å². The summed E-state index contributed by atoms with van der Waals surface area (Å²) >= 11 is 0. The number of urea groups is 1. The summed E-state index contributed by atoms with van der Waals surface area (Å²) in [6.07, 6.45) is 3.07. The van der Waals surface area contributed by atoms with E-state index in [9.17, 15) is 28.7 Å². The highest BCUT2D eigenvalue weighted by atomic mass is 19.1. The molecule has 2 atom stereocenters. The molecule has 10 nitrogen and oxygen atoms in total. The van der Waals surface area contributed by atoms with Crippen molar-refractivity contribution in [2.75, 3.05) is 32.1 Å². The van der Waals surface area contributed by atoms with Crippen LogP contribution < -0.4 is 10.6 Å².